The molecule has 1 aliphatic carbocycles. The normalized spacial score (nSPS) is 16.2. The molecule has 0 atom stereocenters. The first-order valence-electron chi connectivity index (χ1n) is 6.21. The number of ether oxygens (including phenoxy) is 1. The molecular formula is C14H21NO. The number of anilines is 1. The van der Waals surface area contributed by atoms with Crippen molar-refractivity contribution in [1.29, 1.82) is 0 Å². The van der Waals surface area contributed by atoms with Crippen LogP contribution in [0.1, 0.15) is 38.7 Å². The standard InChI is InChI=1S/C14H21NO/c1-11(2)16-10-12-5-3-8-14(9-12)15-13-6-4-7-13/h3,5,8-9,11,13,15H,4,6-7,10H2,1-2H3. The minimum absolute atomic E-state index is 0.295. The molecule has 0 aliphatic heterocycles. The van der Waals surface area contributed by atoms with Crippen LogP contribution in [0.5, 0.6) is 0 Å². The monoisotopic (exact) mass is 219 g/mol. The predicted octanol–water partition coefficient (Wildman–Crippen LogP) is 3.58. The van der Waals surface area contributed by atoms with Gasteiger partial charge in [0.05, 0.1) is 12.7 Å². The summed E-state index contributed by atoms with van der Waals surface area (Å²) in [6.07, 6.45) is 4.29. The molecule has 1 aromatic carbocycles. The van der Waals surface area contributed by atoms with E-state index in [4.69, 9.17) is 4.74 Å². The van der Waals surface area contributed by atoms with Gasteiger partial charge < -0.3 is 10.1 Å². The Morgan fingerprint density at radius 1 is 1.38 bits per heavy atom. The van der Waals surface area contributed by atoms with E-state index in [0.717, 1.165) is 0 Å². The lowest BCUT2D eigenvalue weighted by molar-refractivity contribution is 0.0657. The first-order valence-corrected chi connectivity index (χ1v) is 6.21. The molecule has 2 nitrogen and oxygen atoms in total. The lowest BCUT2D eigenvalue weighted by Gasteiger charge is -2.27. The van der Waals surface area contributed by atoms with Crippen molar-refractivity contribution in [2.45, 2.75) is 51.9 Å². The highest BCUT2D eigenvalue weighted by Gasteiger charge is 2.16. The average molecular weight is 219 g/mol. The van der Waals surface area contributed by atoms with Crippen molar-refractivity contribution in [2.24, 2.45) is 0 Å². The Hall–Kier alpha value is -1.02. The highest BCUT2D eigenvalue weighted by Crippen LogP contribution is 2.23. The van der Waals surface area contributed by atoms with Crippen molar-refractivity contribution >= 4 is 5.69 Å². The van der Waals surface area contributed by atoms with E-state index in [1.54, 1.807) is 0 Å². The van der Waals surface area contributed by atoms with Gasteiger partial charge in [-0.3, -0.25) is 0 Å². The summed E-state index contributed by atoms with van der Waals surface area (Å²) in [4.78, 5) is 0. The number of hydrogen-bond acceptors (Lipinski definition) is 2. The highest BCUT2D eigenvalue weighted by molar-refractivity contribution is 5.46. The summed E-state index contributed by atoms with van der Waals surface area (Å²) < 4.78 is 5.60. The largest absolute Gasteiger partial charge is 0.382 e. The van der Waals surface area contributed by atoms with Gasteiger partial charge in [0.25, 0.3) is 0 Å². The van der Waals surface area contributed by atoms with E-state index in [-0.39, 0.29) is 0 Å². The highest BCUT2D eigenvalue weighted by atomic mass is 16.5. The number of hydrogen-bond donors (Lipinski definition) is 1. The van der Waals surface area contributed by atoms with E-state index in [1.807, 2.05) is 0 Å². The molecule has 0 aromatic heterocycles. The van der Waals surface area contributed by atoms with Gasteiger partial charge in [0.15, 0.2) is 0 Å². The number of benzene rings is 1. The molecule has 16 heavy (non-hydrogen) atoms. The van der Waals surface area contributed by atoms with Gasteiger partial charge in [0, 0.05) is 11.7 Å². The van der Waals surface area contributed by atoms with Crippen LogP contribution in [0.25, 0.3) is 0 Å². The summed E-state index contributed by atoms with van der Waals surface area (Å²) in [5, 5.41) is 3.55. The first kappa shape index (κ1) is 11.5. The van der Waals surface area contributed by atoms with Gasteiger partial charge in [0.2, 0.25) is 0 Å². The van der Waals surface area contributed by atoms with Gasteiger partial charge >= 0.3 is 0 Å². The van der Waals surface area contributed by atoms with Crippen LogP contribution in [-0.4, -0.2) is 12.1 Å². The molecular weight excluding hydrogens is 198 g/mol. The summed E-state index contributed by atoms with van der Waals surface area (Å²) in [5.74, 6) is 0. The van der Waals surface area contributed by atoms with Gasteiger partial charge in [-0.15, -0.1) is 0 Å². The first-order chi connectivity index (χ1) is 7.74. The molecule has 0 unspecified atom stereocenters. The topological polar surface area (TPSA) is 21.3 Å². The molecule has 0 bridgehead atoms. The molecule has 0 amide bonds. The maximum absolute atomic E-state index is 5.60. The fourth-order valence-electron chi connectivity index (χ4n) is 1.80. The Morgan fingerprint density at radius 3 is 2.81 bits per heavy atom. The van der Waals surface area contributed by atoms with Crippen LogP contribution in [0.2, 0.25) is 0 Å². The zero-order valence-electron chi connectivity index (χ0n) is 10.2. The molecule has 0 spiro atoms. The SMILES string of the molecule is CC(C)OCc1cccc(NC2CCC2)c1. The fraction of sp³-hybridized carbons (Fsp3) is 0.571. The van der Waals surface area contributed by atoms with E-state index in [2.05, 4.69) is 43.4 Å². The maximum Gasteiger partial charge on any atom is 0.0721 e. The predicted molar refractivity (Wildman–Crippen MR) is 67.6 cm³/mol. The molecule has 2 rings (SSSR count). The van der Waals surface area contributed by atoms with Gasteiger partial charge in [-0.2, -0.15) is 0 Å². The Bertz CT molecular complexity index is 331. The zero-order chi connectivity index (χ0) is 11.4. The van der Waals surface area contributed by atoms with Gasteiger partial charge in [-0.25, -0.2) is 0 Å². The number of nitrogens with one attached hydrogen (secondary N) is 1. The summed E-state index contributed by atoms with van der Waals surface area (Å²) in [7, 11) is 0. The van der Waals surface area contributed by atoms with Crippen LogP contribution in [0.4, 0.5) is 5.69 Å². The molecule has 0 radical (unpaired) electrons. The number of rotatable bonds is 5. The van der Waals surface area contributed by atoms with Crippen molar-refractivity contribution in [1.82, 2.24) is 0 Å². The molecule has 1 fully saturated rings. The van der Waals surface area contributed by atoms with Crippen molar-refractivity contribution in [3.63, 3.8) is 0 Å². The van der Waals surface area contributed by atoms with Crippen molar-refractivity contribution in [3.8, 4) is 0 Å². The minimum atomic E-state index is 0.295. The van der Waals surface area contributed by atoms with Crippen LogP contribution in [0.3, 0.4) is 0 Å². The summed E-state index contributed by atoms with van der Waals surface area (Å²) >= 11 is 0. The molecule has 1 aliphatic rings. The van der Waals surface area contributed by atoms with Gasteiger partial charge in [-0.05, 0) is 50.8 Å². The van der Waals surface area contributed by atoms with Crippen molar-refractivity contribution in [3.05, 3.63) is 29.8 Å². The molecule has 88 valence electrons. The Balaban J connectivity index is 1.90. The Labute approximate surface area is 98.0 Å². The fourth-order valence-corrected chi connectivity index (χ4v) is 1.80. The summed E-state index contributed by atoms with van der Waals surface area (Å²) in [6.45, 7) is 4.84. The Morgan fingerprint density at radius 2 is 2.19 bits per heavy atom. The van der Waals surface area contributed by atoms with Gasteiger partial charge in [0.1, 0.15) is 0 Å². The molecule has 0 saturated heterocycles. The van der Waals surface area contributed by atoms with Crippen LogP contribution in [-0.2, 0) is 11.3 Å². The third kappa shape index (κ3) is 3.24. The van der Waals surface area contributed by atoms with Crippen molar-refractivity contribution < 1.29 is 4.74 Å². The van der Waals surface area contributed by atoms with Crippen molar-refractivity contribution in [2.75, 3.05) is 5.32 Å². The smallest absolute Gasteiger partial charge is 0.0721 e. The van der Waals surface area contributed by atoms with E-state index in [9.17, 15) is 0 Å². The second-order valence-electron chi connectivity index (χ2n) is 4.83. The maximum atomic E-state index is 5.60. The third-order valence-corrected chi connectivity index (χ3v) is 2.99. The lowest BCUT2D eigenvalue weighted by atomic mass is 9.93. The summed E-state index contributed by atoms with van der Waals surface area (Å²) in [6, 6.07) is 9.24. The van der Waals surface area contributed by atoms with Crippen LogP contribution in [0, 0.1) is 0 Å². The van der Waals surface area contributed by atoms with E-state index in [0.29, 0.717) is 18.8 Å². The quantitative estimate of drug-likeness (QED) is 0.817. The van der Waals surface area contributed by atoms with Gasteiger partial charge in [-0.1, -0.05) is 12.1 Å². The van der Waals surface area contributed by atoms with E-state index in [1.165, 1.54) is 30.5 Å². The average Bonchev–Trinajstić information content (AvgIpc) is 2.21. The lowest BCUT2D eigenvalue weighted by Crippen LogP contribution is -2.26. The summed E-state index contributed by atoms with van der Waals surface area (Å²) in [5.41, 5.74) is 2.48. The zero-order valence-corrected chi connectivity index (χ0v) is 10.2. The third-order valence-electron chi connectivity index (χ3n) is 2.99. The van der Waals surface area contributed by atoms with Crippen LogP contribution >= 0.6 is 0 Å². The molecule has 0 heterocycles. The van der Waals surface area contributed by atoms with Crippen LogP contribution < -0.4 is 5.32 Å². The minimum Gasteiger partial charge on any atom is -0.382 e. The van der Waals surface area contributed by atoms with Crippen LogP contribution in [0.15, 0.2) is 24.3 Å². The molecule has 1 N–H and O–H groups in total. The second kappa shape index (κ2) is 5.35. The Kier molecular flexibility index (Phi) is 3.83. The molecule has 1 aromatic rings. The second-order valence-corrected chi connectivity index (χ2v) is 4.83. The molecule has 2 heteroatoms. The van der Waals surface area contributed by atoms with E-state index >= 15 is 0 Å². The van der Waals surface area contributed by atoms with E-state index < -0.39 is 0 Å². The molecule has 1 saturated carbocycles.